The zero-order chi connectivity index (χ0) is 16.4. The molecular weight excluding hydrogens is 294 g/mol. The molecule has 1 fully saturated rings. The zero-order valence-corrected chi connectivity index (χ0v) is 13.5. The van der Waals surface area contributed by atoms with Gasteiger partial charge in [-0.1, -0.05) is 6.07 Å². The van der Waals surface area contributed by atoms with E-state index in [1.807, 2.05) is 25.3 Å². The average molecular weight is 316 g/mol. The van der Waals surface area contributed by atoms with Gasteiger partial charge in [-0.05, 0) is 18.6 Å². The molecule has 1 N–H and O–H groups in total. The van der Waals surface area contributed by atoms with Gasteiger partial charge in [-0.2, -0.15) is 0 Å². The molecule has 0 amide bonds. The molecule has 0 saturated carbocycles. The molecule has 23 heavy (non-hydrogen) atoms. The third-order valence-electron chi connectivity index (χ3n) is 4.52. The number of nitrogens with zero attached hydrogens (tertiary/aromatic N) is 2. The van der Waals surface area contributed by atoms with E-state index < -0.39 is 0 Å². The van der Waals surface area contributed by atoms with Gasteiger partial charge < -0.3 is 9.64 Å². The van der Waals surface area contributed by atoms with Crippen molar-refractivity contribution in [2.75, 3.05) is 20.2 Å². The number of rotatable bonds is 3. The number of carbonyl (C=O) groups excluding carboxylic acids is 1. The van der Waals surface area contributed by atoms with E-state index in [9.17, 15) is 9.59 Å². The van der Waals surface area contributed by atoms with Gasteiger partial charge in [-0.3, -0.25) is 14.0 Å². The summed E-state index contributed by atoms with van der Waals surface area (Å²) in [6.45, 7) is 4.46. The van der Waals surface area contributed by atoms with Crippen LogP contribution in [0.2, 0.25) is 0 Å². The molecule has 6 nitrogen and oxygen atoms in total. The number of fused-ring (bicyclic) bond motifs is 1. The molecule has 1 aliphatic rings. The van der Waals surface area contributed by atoms with Gasteiger partial charge in [0.25, 0.3) is 5.56 Å². The molecule has 3 heterocycles. The molecule has 1 aliphatic heterocycles. The summed E-state index contributed by atoms with van der Waals surface area (Å²) in [5, 5.41) is 0. The van der Waals surface area contributed by atoms with Gasteiger partial charge in [-0.15, -0.1) is 0 Å². The van der Waals surface area contributed by atoms with Crippen LogP contribution in [0.5, 0.6) is 0 Å². The Bertz CT molecular complexity index is 776. The molecule has 0 radical (unpaired) electrons. The molecule has 0 aromatic carbocycles. The molecular formula is C17H22N3O3+. The first-order valence-electron chi connectivity index (χ1n) is 7.97. The predicted octanol–water partition coefficient (Wildman–Crippen LogP) is -0.0292. The molecule has 3 rings (SSSR count). The number of quaternary nitrogens is 1. The van der Waals surface area contributed by atoms with E-state index >= 15 is 0 Å². The Kier molecular flexibility index (Phi) is 4.43. The lowest BCUT2D eigenvalue weighted by molar-refractivity contribution is -0.919. The SMILES string of the molecule is COC(=O)C1CC[NH+](Cc2cc(=O)n3cc(C)ccc3n2)CC1. The third kappa shape index (κ3) is 3.42. The fourth-order valence-corrected chi connectivity index (χ4v) is 3.21. The van der Waals surface area contributed by atoms with Crippen LogP contribution < -0.4 is 10.5 Å². The van der Waals surface area contributed by atoms with Crippen LogP contribution in [0, 0.1) is 12.8 Å². The lowest BCUT2D eigenvalue weighted by atomic mass is 9.97. The standard InChI is InChI=1S/C17H21N3O3/c1-12-3-4-15-18-14(9-16(21)20(15)10-12)11-19-7-5-13(6-8-19)17(22)23-2/h3-4,9-10,13H,5-8,11H2,1-2H3/p+1. The van der Waals surface area contributed by atoms with Gasteiger partial charge in [0, 0.05) is 25.1 Å². The summed E-state index contributed by atoms with van der Waals surface area (Å²) in [6, 6.07) is 5.45. The van der Waals surface area contributed by atoms with Gasteiger partial charge in [0.15, 0.2) is 0 Å². The highest BCUT2D eigenvalue weighted by molar-refractivity contribution is 5.72. The molecule has 122 valence electrons. The van der Waals surface area contributed by atoms with Crippen molar-refractivity contribution in [1.29, 1.82) is 0 Å². The number of aromatic nitrogens is 2. The van der Waals surface area contributed by atoms with E-state index in [1.54, 1.807) is 10.5 Å². The normalized spacial score (nSPS) is 21.3. The second kappa shape index (κ2) is 6.50. The van der Waals surface area contributed by atoms with E-state index in [0.29, 0.717) is 12.2 Å². The summed E-state index contributed by atoms with van der Waals surface area (Å²) in [6.07, 6.45) is 3.46. The van der Waals surface area contributed by atoms with Crippen LogP contribution >= 0.6 is 0 Å². The second-order valence-corrected chi connectivity index (χ2v) is 6.24. The van der Waals surface area contributed by atoms with Crippen molar-refractivity contribution in [3.63, 3.8) is 0 Å². The molecule has 0 spiro atoms. The molecule has 1 saturated heterocycles. The third-order valence-corrected chi connectivity index (χ3v) is 4.52. The monoisotopic (exact) mass is 316 g/mol. The van der Waals surface area contributed by atoms with Crippen LogP contribution in [0.3, 0.4) is 0 Å². The number of hydrogen-bond acceptors (Lipinski definition) is 4. The van der Waals surface area contributed by atoms with Gasteiger partial charge >= 0.3 is 5.97 Å². The number of carbonyl (C=O) groups is 1. The molecule has 0 unspecified atom stereocenters. The predicted molar refractivity (Wildman–Crippen MR) is 85.3 cm³/mol. The van der Waals surface area contributed by atoms with Crippen LogP contribution in [-0.2, 0) is 16.1 Å². The van der Waals surface area contributed by atoms with Crippen molar-refractivity contribution < 1.29 is 14.4 Å². The molecule has 2 aromatic rings. The first-order valence-corrected chi connectivity index (χ1v) is 7.97. The molecule has 2 aromatic heterocycles. The summed E-state index contributed by atoms with van der Waals surface area (Å²) in [7, 11) is 1.44. The maximum Gasteiger partial charge on any atom is 0.309 e. The number of methoxy groups -OCH3 is 1. The Balaban J connectivity index is 1.72. The number of pyridine rings is 1. The van der Waals surface area contributed by atoms with E-state index in [1.165, 1.54) is 12.0 Å². The maximum atomic E-state index is 12.2. The minimum Gasteiger partial charge on any atom is -0.469 e. The number of ether oxygens (including phenoxy) is 1. The summed E-state index contributed by atoms with van der Waals surface area (Å²) >= 11 is 0. The minimum absolute atomic E-state index is 0.0157. The fourth-order valence-electron chi connectivity index (χ4n) is 3.21. The highest BCUT2D eigenvalue weighted by Gasteiger charge is 2.28. The Hall–Kier alpha value is -2.21. The van der Waals surface area contributed by atoms with Crippen LogP contribution in [0.4, 0.5) is 0 Å². The zero-order valence-electron chi connectivity index (χ0n) is 13.5. The number of piperidine rings is 1. The quantitative estimate of drug-likeness (QED) is 0.808. The van der Waals surface area contributed by atoms with E-state index in [-0.39, 0.29) is 17.4 Å². The number of aryl methyl sites for hydroxylation is 1. The van der Waals surface area contributed by atoms with E-state index in [4.69, 9.17) is 4.74 Å². The summed E-state index contributed by atoms with van der Waals surface area (Å²) < 4.78 is 6.39. The Labute approximate surface area is 134 Å². The average Bonchev–Trinajstić information content (AvgIpc) is 2.55. The Morgan fingerprint density at radius 3 is 2.83 bits per heavy atom. The topological polar surface area (TPSA) is 65.1 Å². The number of hydrogen-bond donors (Lipinski definition) is 1. The Morgan fingerprint density at radius 2 is 2.13 bits per heavy atom. The van der Waals surface area contributed by atoms with Crippen molar-refractivity contribution in [2.45, 2.75) is 26.3 Å². The highest BCUT2D eigenvalue weighted by atomic mass is 16.5. The highest BCUT2D eigenvalue weighted by Crippen LogP contribution is 2.11. The van der Waals surface area contributed by atoms with Gasteiger partial charge in [0.1, 0.15) is 17.9 Å². The fraction of sp³-hybridized carbons (Fsp3) is 0.471. The molecule has 6 heteroatoms. The molecule has 0 bridgehead atoms. The van der Waals surface area contributed by atoms with Crippen molar-refractivity contribution in [1.82, 2.24) is 9.38 Å². The summed E-state index contributed by atoms with van der Waals surface area (Å²) in [4.78, 5) is 29.7. The number of nitrogens with one attached hydrogen (secondary N) is 1. The van der Waals surface area contributed by atoms with Gasteiger partial charge in [0.05, 0.1) is 26.1 Å². The van der Waals surface area contributed by atoms with Gasteiger partial charge in [-0.25, -0.2) is 4.98 Å². The summed E-state index contributed by atoms with van der Waals surface area (Å²) in [5.74, 6) is -0.0941. The first-order chi connectivity index (χ1) is 11.1. The lowest BCUT2D eigenvalue weighted by Gasteiger charge is -2.27. The van der Waals surface area contributed by atoms with Crippen LogP contribution in [-0.4, -0.2) is 35.6 Å². The summed E-state index contributed by atoms with van der Waals surface area (Å²) in [5.41, 5.74) is 2.48. The number of esters is 1. The van der Waals surface area contributed by atoms with Crippen LogP contribution in [0.1, 0.15) is 24.1 Å². The van der Waals surface area contributed by atoms with Crippen LogP contribution in [0.15, 0.2) is 29.2 Å². The largest absolute Gasteiger partial charge is 0.469 e. The van der Waals surface area contributed by atoms with Gasteiger partial charge in [0.2, 0.25) is 0 Å². The lowest BCUT2D eigenvalue weighted by Crippen LogP contribution is -3.11. The Morgan fingerprint density at radius 1 is 1.39 bits per heavy atom. The first kappa shape index (κ1) is 15.7. The van der Waals surface area contributed by atoms with Crippen LogP contribution in [0.25, 0.3) is 5.65 Å². The second-order valence-electron chi connectivity index (χ2n) is 6.24. The van der Waals surface area contributed by atoms with Crippen molar-refractivity contribution in [2.24, 2.45) is 5.92 Å². The molecule has 0 atom stereocenters. The minimum atomic E-state index is -0.110. The smallest absolute Gasteiger partial charge is 0.309 e. The number of likely N-dealkylation sites (tertiary alicyclic amines) is 1. The van der Waals surface area contributed by atoms with Crippen molar-refractivity contribution >= 4 is 11.6 Å². The molecule has 0 aliphatic carbocycles. The maximum absolute atomic E-state index is 12.2. The van der Waals surface area contributed by atoms with E-state index in [2.05, 4.69) is 4.98 Å². The van der Waals surface area contributed by atoms with Crippen molar-refractivity contribution in [3.8, 4) is 0 Å². The van der Waals surface area contributed by atoms with Crippen molar-refractivity contribution in [3.05, 3.63) is 46.0 Å². The van der Waals surface area contributed by atoms with E-state index in [0.717, 1.165) is 37.2 Å².